The van der Waals surface area contributed by atoms with E-state index in [2.05, 4.69) is 10.9 Å². The number of carbonyl (C=O) groups excluding carboxylic acids is 2. The van der Waals surface area contributed by atoms with Crippen LogP contribution in [0.15, 0.2) is 42.5 Å². The highest BCUT2D eigenvalue weighted by molar-refractivity contribution is 6.00. The molecule has 1 fully saturated rings. The van der Waals surface area contributed by atoms with Gasteiger partial charge in [-0.3, -0.25) is 14.5 Å². The molecule has 0 unspecified atom stereocenters. The molecule has 2 atom stereocenters. The average molecular weight is 501 g/mol. The quantitative estimate of drug-likeness (QED) is 0.487. The number of hydrogen-bond donors (Lipinski definition) is 2. The molecular formula is C29H32N4O4. The van der Waals surface area contributed by atoms with Crippen LogP contribution >= 0.6 is 0 Å². The van der Waals surface area contributed by atoms with E-state index in [0.717, 1.165) is 46.4 Å². The predicted molar refractivity (Wildman–Crippen MR) is 141 cm³/mol. The van der Waals surface area contributed by atoms with Gasteiger partial charge in [0.05, 0.1) is 26.2 Å². The Bertz CT molecular complexity index is 1410. The van der Waals surface area contributed by atoms with Crippen LogP contribution < -0.4 is 4.74 Å². The molecule has 37 heavy (non-hydrogen) atoms. The van der Waals surface area contributed by atoms with Gasteiger partial charge in [0.25, 0.3) is 0 Å². The van der Waals surface area contributed by atoms with Crippen LogP contribution in [0.3, 0.4) is 0 Å². The van der Waals surface area contributed by atoms with Crippen molar-refractivity contribution in [1.82, 2.24) is 19.7 Å². The first-order valence-electron chi connectivity index (χ1n) is 12.5. The first kappa shape index (κ1) is 24.7. The number of H-pyrrole nitrogens is 1. The Morgan fingerprint density at radius 3 is 2.81 bits per heavy atom. The fourth-order valence-corrected chi connectivity index (χ4v) is 5.85. The van der Waals surface area contributed by atoms with Crippen molar-refractivity contribution in [1.29, 1.82) is 0 Å². The Hall–Kier alpha value is -3.96. The number of nitrogens with zero attached hydrogens (tertiary/aromatic N) is 3. The van der Waals surface area contributed by atoms with Crippen LogP contribution in [-0.2, 0) is 16.0 Å². The minimum absolute atomic E-state index is 0.0198. The third-order valence-electron chi connectivity index (χ3n) is 7.59. The molecule has 5 rings (SSSR count). The largest absolute Gasteiger partial charge is 0.508 e. The van der Waals surface area contributed by atoms with Gasteiger partial charge in [0.2, 0.25) is 11.8 Å². The fourth-order valence-electron chi connectivity index (χ4n) is 5.85. The molecule has 1 saturated heterocycles. The van der Waals surface area contributed by atoms with Crippen LogP contribution in [0.25, 0.3) is 10.9 Å². The summed E-state index contributed by atoms with van der Waals surface area (Å²) in [6.07, 6.45) is 6.50. The summed E-state index contributed by atoms with van der Waals surface area (Å²) in [5.74, 6) is 3.27. The van der Waals surface area contributed by atoms with Crippen molar-refractivity contribution in [2.45, 2.75) is 31.3 Å². The number of amides is 2. The number of rotatable bonds is 7. The standard InChI is InChI=1S/C29H32N4O4/c1-5-12-31(3)13-7-14-32-18-25(35)33-27(19-8-6-9-20(34)15-19)26-23(17-29(33,2)28(32)36)22-16-21(37-4)10-11-24(22)30-26/h1,6,8-11,15-16,27,30,34H,7,12-14,17-18H2,2-4H3/t27-,29+/m1/s1. The second-order valence-electron chi connectivity index (χ2n) is 10.2. The molecule has 2 amide bonds. The number of aromatic nitrogens is 1. The molecule has 8 heteroatoms. The van der Waals surface area contributed by atoms with Gasteiger partial charge in [0.1, 0.15) is 17.0 Å². The van der Waals surface area contributed by atoms with Crippen molar-refractivity contribution in [3.63, 3.8) is 0 Å². The highest BCUT2D eigenvalue weighted by atomic mass is 16.5. The number of fused-ring (bicyclic) bond motifs is 4. The van der Waals surface area contributed by atoms with Gasteiger partial charge in [0, 0.05) is 36.1 Å². The zero-order valence-electron chi connectivity index (χ0n) is 21.5. The van der Waals surface area contributed by atoms with Gasteiger partial charge >= 0.3 is 0 Å². The normalized spacial score (nSPS) is 21.2. The monoisotopic (exact) mass is 500 g/mol. The minimum Gasteiger partial charge on any atom is -0.508 e. The molecule has 0 radical (unpaired) electrons. The number of ether oxygens (including phenoxy) is 1. The first-order valence-corrected chi connectivity index (χ1v) is 12.5. The van der Waals surface area contributed by atoms with E-state index in [-0.39, 0.29) is 24.1 Å². The highest BCUT2D eigenvalue weighted by Gasteiger charge is 2.55. The highest BCUT2D eigenvalue weighted by Crippen LogP contribution is 2.47. The van der Waals surface area contributed by atoms with Crippen LogP contribution in [0.1, 0.15) is 36.2 Å². The SMILES string of the molecule is C#CCN(C)CCCN1CC(=O)N2[C@H](c3cccc(O)c3)c3[nH]c4ccc(OC)cc4c3C[C@@]2(C)C1=O. The molecule has 2 aliphatic heterocycles. The molecule has 2 aromatic carbocycles. The molecule has 2 aliphatic rings. The van der Waals surface area contributed by atoms with Crippen LogP contribution in [0.5, 0.6) is 11.5 Å². The lowest BCUT2D eigenvalue weighted by atomic mass is 9.78. The summed E-state index contributed by atoms with van der Waals surface area (Å²) >= 11 is 0. The summed E-state index contributed by atoms with van der Waals surface area (Å²) in [6.45, 7) is 3.64. The summed E-state index contributed by atoms with van der Waals surface area (Å²) in [5, 5.41) is 11.2. The Kier molecular flexibility index (Phi) is 6.34. The second kappa shape index (κ2) is 9.49. The average Bonchev–Trinajstić information content (AvgIpc) is 3.23. The van der Waals surface area contributed by atoms with Gasteiger partial charge in [-0.2, -0.15) is 0 Å². The van der Waals surface area contributed by atoms with Gasteiger partial charge in [0.15, 0.2) is 0 Å². The number of aromatic amines is 1. The molecule has 2 N–H and O–H groups in total. The third-order valence-corrected chi connectivity index (χ3v) is 7.59. The fraction of sp³-hybridized carbons (Fsp3) is 0.379. The van der Waals surface area contributed by atoms with Gasteiger partial charge in [-0.1, -0.05) is 18.1 Å². The lowest BCUT2D eigenvalue weighted by Crippen LogP contribution is -2.69. The summed E-state index contributed by atoms with van der Waals surface area (Å²) in [5.41, 5.74) is 2.42. The Morgan fingerprint density at radius 1 is 1.27 bits per heavy atom. The minimum atomic E-state index is -1.08. The number of phenolic OH excluding ortho intramolecular Hbond substituents is 1. The van der Waals surface area contributed by atoms with E-state index in [1.54, 1.807) is 35.1 Å². The summed E-state index contributed by atoms with van der Waals surface area (Å²) in [6, 6.07) is 12.2. The smallest absolute Gasteiger partial charge is 0.249 e. The molecule has 0 aliphatic carbocycles. The molecule has 0 saturated carbocycles. The molecule has 8 nitrogen and oxygen atoms in total. The van der Waals surface area contributed by atoms with E-state index in [0.29, 0.717) is 19.5 Å². The molecular weight excluding hydrogens is 468 g/mol. The van der Waals surface area contributed by atoms with Gasteiger partial charge < -0.3 is 24.6 Å². The number of terminal acetylenes is 1. The van der Waals surface area contributed by atoms with Crippen LogP contribution in [-0.4, -0.2) is 82.5 Å². The summed E-state index contributed by atoms with van der Waals surface area (Å²) < 4.78 is 5.47. The second-order valence-corrected chi connectivity index (χ2v) is 10.2. The van der Waals surface area contributed by atoms with Crippen molar-refractivity contribution >= 4 is 22.7 Å². The van der Waals surface area contributed by atoms with E-state index in [1.165, 1.54) is 0 Å². The maximum absolute atomic E-state index is 14.1. The first-order chi connectivity index (χ1) is 17.8. The number of aromatic hydroxyl groups is 1. The van der Waals surface area contributed by atoms with Crippen molar-refractivity contribution in [2.75, 3.05) is 40.3 Å². The van der Waals surface area contributed by atoms with Crippen molar-refractivity contribution in [2.24, 2.45) is 0 Å². The Labute approximate surface area is 216 Å². The van der Waals surface area contributed by atoms with E-state index in [4.69, 9.17) is 11.2 Å². The lowest BCUT2D eigenvalue weighted by molar-refractivity contribution is -0.167. The molecule has 1 aromatic heterocycles. The zero-order chi connectivity index (χ0) is 26.3. The van der Waals surface area contributed by atoms with Gasteiger partial charge in [-0.15, -0.1) is 6.42 Å². The molecule has 0 bridgehead atoms. The van der Waals surface area contributed by atoms with E-state index in [1.807, 2.05) is 43.1 Å². The van der Waals surface area contributed by atoms with Crippen molar-refractivity contribution in [3.05, 3.63) is 59.3 Å². The topological polar surface area (TPSA) is 89.1 Å². The summed E-state index contributed by atoms with van der Waals surface area (Å²) in [4.78, 5) is 36.8. The number of methoxy groups -OCH3 is 1. The van der Waals surface area contributed by atoms with Crippen LogP contribution in [0.2, 0.25) is 0 Å². The lowest BCUT2D eigenvalue weighted by Gasteiger charge is -2.53. The maximum atomic E-state index is 14.1. The van der Waals surface area contributed by atoms with E-state index < -0.39 is 11.6 Å². The van der Waals surface area contributed by atoms with Crippen molar-refractivity contribution < 1.29 is 19.4 Å². The predicted octanol–water partition coefficient (Wildman–Crippen LogP) is 2.91. The van der Waals surface area contributed by atoms with Gasteiger partial charge in [-0.25, -0.2) is 0 Å². The maximum Gasteiger partial charge on any atom is 0.249 e. The number of carbonyl (C=O) groups is 2. The Balaban J connectivity index is 1.58. The van der Waals surface area contributed by atoms with Crippen LogP contribution in [0.4, 0.5) is 0 Å². The molecule has 0 spiro atoms. The molecule has 192 valence electrons. The molecule has 3 aromatic rings. The van der Waals surface area contributed by atoms with Crippen molar-refractivity contribution in [3.8, 4) is 23.8 Å². The number of phenols is 1. The van der Waals surface area contributed by atoms with E-state index in [9.17, 15) is 14.7 Å². The van der Waals surface area contributed by atoms with Crippen LogP contribution in [0, 0.1) is 12.3 Å². The number of hydrogen-bond acceptors (Lipinski definition) is 5. The van der Waals surface area contributed by atoms with Gasteiger partial charge in [-0.05, 0) is 61.9 Å². The number of benzene rings is 2. The Morgan fingerprint density at radius 2 is 2.08 bits per heavy atom. The summed E-state index contributed by atoms with van der Waals surface area (Å²) in [7, 11) is 3.57. The zero-order valence-corrected chi connectivity index (χ0v) is 21.5. The third kappa shape index (κ3) is 4.19. The molecule has 3 heterocycles. The number of piperazine rings is 1. The number of nitrogens with one attached hydrogen (secondary N) is 1. The van der Waals surface area contributed by atoms with E-state index >= 15 is 0 Å².